The standard InChI is InChI=1S/C15H23F3N2S/c1-3-12(19)14(13-7-6-10(2)21-13)20-8-4-5-11(9-20)15(16,17)18/h6-7,11-12,14H,3-5,8-9,19H2,1-2H3. The van der Waals surface area contributed by atoms with Crippen molar-refractivity contribution in [2.45, 2.75) is 51.4 Å². The van der Waals surface area contributed by atoms with Crippen LogP contribution in [0.5, 0.6) is 0 Å². The summed E-state index contributed by atoms with van der Waals surface area (Å²) < 4.78 is 39.0. The summed E-state index contributed by atoms with van der Waals surface area (Å²) in [4.78, 5) is 4.20. The first-order valence-corrected chi connectivity index (χ1v) is 8.27. The van der Waals surface area contributed by atoms with Gasteiger partial charge in [0.25, 0.3) is 0 Å². The molecule has 1 aromatic heterocycles. The number of alkyl halides is 3. The van der Waals surface area contributed by atoms with Crippen molar-refractivity contribution in [3.05, 3.63) is 21.9 Å². The molecule has 0 radical (unpaired) electrons. The fourth-order valence-corrected chi connectivity index (χ4v) is 4.11. The van der Waals surface area contributed by atoms with E-state index in [1.807, 2.05) is 30.9 Å². The maximum atomic E-state index is 13.0. The van der Waals surface area contributed by atoms with E-state index in [-0.39, 0.29) is 25.0 Å². The van der Waals surface area contributed by atoms with Gasteiger partial charge in [0.1, 0.15) is 0 Å². The van der Waals surface area contributed by atoms with Gasteiger partial charge in [-0.15, -0.1) is 11.3 Å². The largest absolute Gasteiger partial charge is 0.393 e. The van der Waals surface area contributed by atoms with Gasteiger partial charge in [-0.25, -0.2) is 0 Å². The molecule has 6 heteroatoms. The number of likely N-dealkylation sites (tertiary alicyclic amines) is 1. The minimum atomic E-state index is -4.11. The van der Waals surface area contributed by atoms with Crippen molar-refractivity contribution >= 4 is 11.3 Å². The van der Waals surface area contributed by atoms with Gasteiger partial charge in [0.2, 0.25) is 0 Å². The minimum Gasteiger partial charge on any atom is -0.326 e. The van der Waals surface area contributed by atoms with Gasteiger partial charge in [0, 0.05) is 22.3 Å². The van der Waals surface area contributed by atoms with E-state index in [1.54, 1.807) is 11.3 Å². The number of nitrogens with zero attached hydrogens (tertiary/aromatic N) is 1. The predicted octanol–water partition coefficient (Wildman–Crippen LogP) is 4.11. The Bertz CT molecular complexity index is 458. The summed E-state index contributed by atoms with van der Waals surface area (Å²) in [6, 6.07) is 3.80. The Morgan fingerprint density at radius 1 is 1.43 bits per heavy atom. The molecule has 120 valence electrons. The molecule has 1 fully saturated rings. The molecular weight excluding hydrogens is 297 g/mol. The number of aryl methyl sites for hydroxylation is 1. The average molecular weight is 320 g/mol. The van der Waals surface area contributed by atoms with Crippen LogP contribution < -0.4 is 5.73 Å². The minimum absolute atomic E-state index is 0.0683. The molecule has 1 aliphatic heterocycles. The van der Waals surface area contributed by atoms with Gasteiger partial charge < -0.3 is 5.73 Å². The summed E-state index contributed by atoms with van der Waals surface area (Å²) in [5, 5.41) is 0. The van der Waals surface area contributed by atoms with Gasteiger partial charge in [0.15, 0.2) is 0 Å². The number of halogens is 3. The molecule has 21 heavy (non-hydrogen) atoms. The van der Waals surface area contributed by atoms with Crippen LogP contribution >= 0.6 is 11.3 Å². The zero-order chi connectivity index (χ0) is 15.6. The quantitative estimate of drug-likeness (QED) is 0.904. The van der Waals surface area contributed by atoms with Crippen LogP contribution in [0.15, 0.2) is 12.1 Å². The van der Waals surface area contributed by atoms with E-state index in [4.69, 9.17) is 5.73 Å². The van der Waals surface area contributed by atoms with E-state index in [0.717, 1.165) is 11.3 Å². The lowest BCUT2D eigenvalue weighted by atomic mass is 9.93. The second-order valence-electron chi connectivity index (χ2n) is 5.84. The summed E-state index contributed by atoms with van der Waals surface area (Å²) in [6.07, 6.45) is -2.53. The van der Waals surface area contributed by atoms with Crippen molar-refractivity contribution in [1.29, 1.82) is 0 Å². The fourth-order valence-electron chi connectivity index (χ4n) is 3.02. The first-order valence-electron chi connectivity index (χ1n) is 7.45. The van der Waals surface area contributed by atoms with Crippen molar-refractivity contribution < 1.29 is 13.2 Å². The molecule has 0 saturated carbocycles. The predicted molar refractivity (Wildman–Crippen MR) is 80.4 cm³/mol. The van der Waals surface area contributed by atoms with Crippen molar-refractivity contribution in [1.82, 2.24) is 4.90 Å². The van der Waals surface area contributed by atoms with Crippen LogP contribution in [0.3, 0.4) is 0 Å². The third kappa shape index (κ3) is 3.99. The van der Waals surface area contributed by atoms with Crippen LogP contribution in [0.2, 0.25) is 0 Å². The van der Waals surface area contributed by atoms with Gasteiger partial charge in [-0.2, -0.15) is 13.2 Å². The second-order valence-corrected chi connectivity index (χ2v) is 7.16. The molecule has 0 aliphatic carbocycles. The van der Waals surface area contributed by atoms with E-state index in [9.17, 15) is 13.2 Å². The Balaban J connectivity index is 2.20. The molecule has 3 atom stereocenters. The molecule has 0 bridgehead atoms. The van der Waals surface area contributed by atoms with E-state index >= 15 is 0 Å². The monoisotopic (exact) mass is 320 g/mol. The zero-order valence-corrected chi connectivity index (χ0v) is 13.3. The molecule has 2 N–H and O–H groups in total. The molecule has 0 amide bonds. The molecule has 1 aliphatic rings. The van der Waals surface area contributed by atoms with Crippen LogP contribution in [-0.2, 0) is 0 Å². The average Bonchev–Trinajstić information content (AvgIpc) is 2.84. The molecule has 1 aromatic rings. The van der Waals surface area contributed by atoms with Crippen LogP contribution in [0.25, 0.3) is 0 Å². The van der Waals surface area contributed by atoms with E-state index in [1.165, 1.54) is 4.88 Å². The van der Waals surface area contributed by atoms with Gasteiger partial charge in [-0.3, -0.25) is 4.90 Å². The molecule has 1 saturated heterocycles. The molecule has 0 aromatic carbocycles. The highest BCUT2D eigenvalue weighted by molar-refractivity contribution is 7.12. The lowest BCUT2D eigenvalue weighted by Gasteiger charge is -2.40. The number of rotatable bonds is 4. The van der Waals surface area contributed by atoms with Crippen molar-refractivity contribution in [3.8, 4) is 0 Å². The number of thiophene rings is 1. The normalized spacial score (nSPS) is 24.0. The summed E-state index contributed by atoms with van der Waals surface area (Å²) in [5.41, 5.74) is 6.23. The lowest BCUT2D eigenvalue weighted by molar-refractivity contribution is -0.189. The van der Waals surface area contributed by atoms with Crippen molar-refractivity contribution in [2.24, 2.45) is 11.7 Å². The number of nitrogens with two attached hydrogens (primary N) is 1. The summed E-state index contributed by atoms with van der Waals surface area (Å²) >= 11 is 1.64. The molecule has 3 unspecified atom stereocenters. The first-order chi connectivity index (χ1) is 9.82. The maximum absolute atomic E-state index is 13.0. The van der Waals surface area contributed by atoms with Crippen LogP contribution in [0.4, 0.5) is 13.2 Å². The van der Waals surface area contributed by atoms with E-state index < -0.39 is 12.1 Å². The Labute approximate surface area is 128 Å². The Morgan fingerprint density at radius 3 is 2.67 bits per heavy atom. The Kier molecular flexibility index (Phi) is 5.33. The molecule has 0 spiro atoms. The summed E-state index contributed by atoms with van der Waals surface area (Å²) in [6.45, 7) is 4.77. The number of hydrogen-bond donors (Lipinski definition) is 1. The molecule has 2 nitrogen and oxygen atoms in total. The zero-order valence-electron chi connectivity index (χ0n) is 12.5. The third-order valence-electron chi connectivity index (χ3n) is 4.24. The maximum Gasteiger partial charge on any atom is 0.393 e. The molecular formula is C15H23F3N2S. The number of hydrogen-bond acceptors (Lipinski definition) is 3. The fraction of sp³-hybridized carbons (Fsp3) is 0.733. The highest BCUT2D eigenvalue weighted by Crippen LogP contribution is 2.38. The Morgan fingerprint density at radius 2 is 2.14 bits per heavy atom. The smallest absolute Gasteiger partial charge is 0.326 e. The molecule has 2 heterocycles. The van der Waals surface area contributed by atoms with Crippen LogP contribution in [0.1, 0.15) is 42.0 Å². The SMILES string of the molecule is CCC(N)C(c1ccc(C)s1)N1CCCC(C(F)(F)F)C1. The van der Waals surface area contributed by atoms with E-state index in [0.29, 0.717) is 13.0 Å². The summed E-state index contributed by atoms with van der Waals surface area (Å²) in [7, 11) is 0. The van der Waals surface area contributed by atoms with Crippen molar-refractivity contribution in [3.63, 3.8) is 0 Å². The lowest BCUT2D eigenvalue weighted by Crippen LogP contribution is -2.48. The summed E-state index contributed by atoms with van der Waals surface area (Å²) in [5.74, 6) is -1.22. The highest BCUT2D eigenvalue weighted by Gasteiger charge is 2.43. The third-order valence-corrected chi connectivity index (χ3v) is 5.31. The van der Waals surface area contributed by atoms with E-state index in [2.05, 4.69) is 0 Å². The van der Waals surface area contributed by atoms with Gasteiger partial charge in [0.05, 0.1) is 12.0 Å². The van der Waals surface area contributed by atoms with Crippen LogP contribution in [-0.4, -0.2) is 30.2 Å². The number of piperidine rings is 1. The van der Waals surface area contributed by atoms with Gasteiger partial charge in [-0.05, 0) is 44.9 Å². The second kappa shape index (κ2) is 6.67. The van der Waals surface area contributed by atoms with Gasteiger partial charge >= 0.3 is 6.18 Å². The van der Waals surface area contributed by atoms with Crippen molar-refractivity contribution in [2.75, 3.05) is 13.1 Å². The van der Waals surface area contributed by atoms with Crippen LogP contribution in [0, 0.1) is 12.8 Å². The topological polar surface area (TPSA) is 29.3 Å². The first kappa shape index (κ1) is 16.8. The molecule has 2 rings (SSSR count). The highest BCUT2D eigenvalue weighted by atomic mass is 32.1. The Hall–Kier alpha value is -0.590. The van der Waals surface area contributed by atoms with Gasteiger partial charge in [-0.1, -0.05) is 6.92 Å².